The highest BCUT2D eigenvalue weighted by Gasteiger charge is 2.22. The van der Waals surface area contributed by atoms with Gasteiger partial charge in [-0.25, -0.2) is 4.52 Å². The van der Waals surface area contributed by atoms with Crippen LogP contribution in [-0.4, -0.2) is 20.8 Å². The minimum Gasteiger partial charge on any atom is -0.493 e. The molecule has 0 atom stereocenters. The molecule has 1 aliphatic rings. The predicted molar refractivity (Wildman–Crippen MR) is 98.0 cm³/mol. The number of benzene rings is 1. The summed E-state index contributed by atoms with van der Waals surface area (Å²) in [5.74, 6) is 1.48. The van der Waals surface area contributed by atoms with E-state index in [4.69, 9.17) is 4.74 Å². The molecule has 0 radical (unpaired) electrons. The Morgan fingerprint density at radius 1 is 1.24 bits per heavy atom. The summed E-state index contributed by atoms with van der Waals surface area (Å²) < 4.78 is 9.39. The molecule has 0 N–H and O–H groups in total. The van der Waals surface area contributed by atoms with E-state index in [1.54, 1.807) is 4.52 Å². The van der Waals surface area contributed by atoms with Crippen molar-refractivity contribution in [2.75, 3.05) is 6.61 Å². The van der Waals surface area contributed by atoms with Crippen LogP contribution >= 0.6 is 0 Å². The molecule has 1 aliphatic carbocycles. The maximum Gasteiger partial charge on any atom is 0.276 e. The summed E-state index contributed by atoms with van der Waals surface area (Å²) in [5, 5.41) is 4.59. The van der Waals surface area contributed by atoms with E-state index >= 15 is 0 Å². The van der Waals surface area contributed by atoms with Gasteiger partial charge in [0.25, 0.3) is 5.56 Å². The van der Waals surface area contributed by atoms with Crippen LogP contribution in [-0.2, 0) is 6.54 Å². The number of fused-ring (bicyclic) bond motifs is 1. The molecule has 0 aliphatic heterocycles. The van der Waals surface area contributed by atoms with Crippen LogP contribution in [0.4, 0.5) is 0 Å². The predicted octanol–water partition coefficient (Wildman–Crippen LogP) is 3.75. The Hall–Kier alpha value is -2.56. The van der Waals surface area contributed by atoms with Crippen molar-refractivity contribution < 1.29 is 4.74 Å². The fourth-order valence-corrected chi connectivity index (χ4v) is 3.01. The lowest BCUT2D eigenvalue weighted by Crippen LogP contribution is -2.22. The topological polar surface area (TPSA) is 48.5 Å². The van der Waals surface area contributed by atoms with Crippen molar-refractivity contribution in [2.45, 2.75) is 39.2 Å². The fourth-order valence-electron chi connectivity index (χ4n) is 3.01. The van der Waals surface area contributed by atoms with Gasteiger partial charge in [0.15, 0.2) is 0 Å². The van der Waals surface area contributed by atoms with Crippen LogP contribution in [0.15, 0.2) is 47.5 Å². The summed E-state index contributed by atoms with van der Waals surface area (Å²) in [7, 11) is 0. The zero-order valence-electron chi connectivity index (χ0n) is 14.5. The summed E-state index contributed by atoms with van der Waals surface area (Å²) in [6.45, 7) is 3.64. The van der Waals surface area contributed by atoms with Crippen molar-refractivity contribution in [3.05, 3.63) is 53.1 Å². The van der Waals surface area contributed by atoms with E-state index in [9.17, 15) is 4.79 Å². The van der Waals surface area contributed by atoms with Crippen LogP contribution in [0, 0.1) is 5.92 Å². The first-order valence-electron chi connectivity index (χ1n) is 9.07. The molecular formula is C20H23N3O2. The van der Waals surface area contributed by atoms with Crippen LogP contribution in [0.3, 0.4) is 0 Å². The molecule has 2 heterocycles. The van der Waals surface area contributed by atoms with Crippen molar-refractivity contribution in [1.29, 1.82) is 0 Å². The summed E-state index contributed by atoms with van der Waals surface area (Å²) in [6.07, 6.45) is 8.27. The first kappa shape index (κ1) is 15.9. The van der Waals surface area contributed by atoms with Gasteiger partial charge in [0.2, 0.25) is 0 Å². The van der Waals surface area contributed by atoms with Crippen LogP contribution in [0.1, 0.15) is 32.6 Å². The van der Waals surface area contributed by atoms with E-state index in [0.29, 0.717) is 18.0 Å². The number of ether oxygens (including phenoxy) is 1. The third-order valence-electron chi connectivity index (χ3n) is 4.67. The first-order valence-corrected chi connectivity index (χ1v) is 9.07. The third kappa shape index (κ3) is 3.31. The van der Waals surface area contributed by atoms with Gasteiger partial charge in [0, 0.05) is 24.5 Å². The molecule has 2 aromatic heterocycles. The van der Waals surface area contributed by atoms with E-state index < -0.39 is 0 Å². The van der Waals surface area contributed by atoms with Gasteiger partial charge in [-0.1, -0.05) is 25.5 Å². The molecule has 0 spiro atoms. The summed E-state index contributed by atoms with van der Waals surface area (Å²) in [6, 6.07) is 9.75. The molecule has 5 heteroatoms. The molecule has 1 aromatic carbocycles. The van der Waals surface area contributed by atoms with Gasteiger partial charge < -0.3 is 9.30 Å². The summed E-state index contributed by atoms with van der Waals surface area (Å²) in [4.78, 5) is 12.7. The molecule has 1 saturated carbocycles. The van der Waals surface area contributed by atoms with Crippen molar-refractivity contribution in [3.8, 4) is 17.0 Å². The largest absolute Gasteiger partial charge is 0.493 e. The second-order valence-corrected chi connectivity index (χ2v) is 6.76. The van der Waals surface area contributed by atoms with Crippen molar-refractivity contribution in [1.82, 2.24) is 14.2 Å². The second-order valence-electron chi connectivity index (χ2n) is 6.76. The van der Waals surface area contributed by atoms with Crippen LogP contribution in [0.25, 0.3) is 16.8 Å². The molecule has 3 aromatic rings. The van der Waals surface area contributed by atoms with E-state index in [-0.39, 0.29) is 5.56 Å². The molecule has 0 saturated heterocycles. The summed E-state index contributed by atoms with van der Waals surface area (Å²) in [5.41, 5.74) is 2.34. The highest BCUT2D eigenvalue weighted by molar-refractivity contribution is 5.71. The zero-order valence-corrected chi connectivity index (χ0v) is 14.5. The van der Waals surface area contributed by atoms with Gasteiger partial charge in [0.1, 0.15) is 11.3 Å². The Bertz CT molecular complexity index is 938. The summed E-state index contributed by atoms with van der Waals surface area (Å²) >= 11 is 0. The van der Waals surface area contributed by atoms with E-state index in [2.05, 4.69) is 12.0 Å². The average molecular weight is 337 g/mol. The van der Waals surface area contributed by atoms with Gasteiger partial charge in [-0.3, -0.25) is 4.79 Å². The van der Waals surface area contributed by atoms with Crippen LogP contribution < -0.4 is 10.3 Å². The van der Waals surface area contributed by atoms with Gasteiger partial charge in [-0.05, 0) is 43.4 Å². The average Bonchev–Trinajstić information content (AvgIpc) is 3.34. The highest BCUT2D eigenvalue weighted by Crippen LogP contribution is 2.31. The third-order valence-corrected chi connectivity index (χ3v) is 4.67. The monoisotopic (exact) mass is 337 g/mol. The number of nitrogens with zero attached hydrogens (tertiary/aromatic N) is 3. The number of hydrogen-bond donors (Lipinski definition) is 0. The lowest BCUT2D eigenvalue weighted by Gasteiger charge is -2.09. The molecule has 5 nitrogen and oxygen atoms in total. The number of rotatable bonds is 7. The van der Waals surface area contributed by atoms with Gasteiger partial charge in [-0.2, -0.15) is 5.10 Å². The Morgan fingerprint density at radius 3 is 2.88 bits per heavy atom. The van der Waals surface area contributed by atoms with Gasteiger partial charge >= 0.3 is 0 Å². The lowest BCUT2D eigenvalue weighted by atomic mass is 10.1. The molecule has 130 valence electrons. The molecule has 4 rings (SSSR count). The molecule has 25 heavy (non-hydrogen) atoms. The fraction of sp³-hybridized carbons (Fsp3) is 0.400. The van der Waals surface area contributed by atoms with E-state index in [1.807, 2.05) is 47.3 Å². The second kappa shape index (κ2) is 6.75. The molecule has 0 amide bonds. The minimum atomic E-state index is 0.0255. The number of aromatic nitrogens is 3. The smallest absolute Gasteiger partial charge is 0.276 e. The van der Waals surface area contributed by atoms with Crippen molar-refractivity contribution in [2.24, 2.45) is 5.92 Å². The van der Waals surface area contributed by atoms with Crippen molar-refractivity contribution >= 4 is 5.52 Å². The van der Waals surface area contributed by atoms with Gasteiger partial charge in [-0.15, -0.1) is 0 Å². The number of para-hydroxylation sites is 1. The van der Waals surface area contributed by atoms with Crippen molar-refractivity contribution in [3.63, 3.8) is 0 Å². The molecular weight excluding hydrogens is 314 g/mol. The van der Waals surface area contributed by atoms with Gasteiger partial charge in [0.05, 0.1) is 12.3 Å². The Balaban J connectivity index is 1.70. The SMILES string of the molecule is CCCCOc1ccccc1-c1cc2c(=O)n(CC3CC3)ccn2n1. The quantitative estimate of drug-likeness (QED) is 0.617. The standard InChI is InChI=1S/C20H23N3O2/c1-2-3-12-25-19-7-5-4-6-16(19)17-13-18-20(24)22(14-15-8-9-15)10-11-23(18)21-17/h4-7,10-11,13,15H,2-3,8-9,12,14H2,1H3. The Labute approximate surface area is 146 Å². The van der Waals surface area contributed by atoms with Crippen LogP contribution in [0.5, 0.6) is 5.75 Å². The molecule has 1 fully saturated rings. The number of hydrogen-bond acceptors (Lipinski definition) is 3. The lowest BCUT2D eigenvalue weighted by molar-refractivity contribution is 0.310. The van der Waals surface area contributed by atoms with E-state index in [1.165, 1.54) is 12.8 Å². The molecule has 0 bridgehead atoms. The Morgan fingerprint density at radius 2 is 2.08 bits per heavy atom. The molecule has 0 unspecified atom stereocenters. The number of unbranched alkanes of at least 4 members (excludes halogenated alkanes) is 1. The van der Waals surface area contributed by atoms with E-state index in [0.717, 1.165) is 36.4 Å². The minimum absolute atomic E-state index is 0.0255. The Kier molecular flexibility index (Phi) is 4.30. The maximum absolute atomic E-state index is 12.7. The maximum atomic E-state index is 12.7. The van der Waals surface area contributed by atoms with Crippen LogP contribution in [0.2, 0.25) is 0 Å². The normalized spacial score (nSPS) is 14.1. The zero-order chi connectivity index (χ0) is 17.2. The highest BCUT2D eigenvalue weighted by atomic mass is 16.5. The first-order chi connectivity index (χ1) is 12.3.